The molecule has 0 aliphatic carbocycles. The van der Waals surface area contributed by atoms with Gasteiger partial charge in [-0.3, -0.25) is 10.1 Å². The average Bonchev–Trinajstić information content (AvgIpc) is 1.66. The van der Waals surface area contributed by atoms with Gasteiger partial charge < -0.3 is 0 Å². The molecule has 0 N–H and O–H groups in total. The van der Waals surface area contributed by atoms with E-state index in [-0.39, 0.29) is 11.5 Å². The maximum atomic E-state index is 9.67. The van der Waals surface area contributed by atoms with Gasteiger partial charge in [0.05, 0.1) is 0 Å². The van der Waals surface area contributed by atoms with Crippen LogP contribution in [0.3, 0.4) is 0 Å². The van der Waals surface area contributed by atoms with Crippen molar-refractivity contribution >= 4 is 11.8 Å². The van der Waals surface area contributed by atoms with Crippen LogP contribution in [0, 0.1) is 10.1 Å². The minimum Gasteiger partial charge on any atom is -0.265 e. The lowest BCUT2D eigenvalue weighted by Crippen LogP contribution is -2.00. The molecule has 0 aliphatic heterocycles. The van der Waals surface area contributed by atoms with Crippen molar-refractivity contribution in [3.8, 4) is 0 Å². The minimum absolute atomic E-state index is 0.112. The van der Waals surface area contributed by atoms with Crippen LogP contribution in [0.5, 0.6) is 0 Å². The van der Waals surface area contributed by atoms with Gasteiger partial charge in [-0.15, -0.1) is 0 Å². The van der Waals surface area contributed by atoms with Crippen molar-refractivity contribution in [2.75, 3.05) is 18.6 Å². The van der Waals surface area contributed by atoms with Crippen LogP contribution >= 0.6 is 11.8 Å². The molecule has 4 heteroatoms. The van der Waals surface area contributed by atoms with E-state index >= 15 is 0 Å². The summed E-state index contributed by atoms with van der Waals surface area (Å²) in [6.45, 7) is 0.112. The Morgan fingerprint density at radius 2 is 2.38 bits per heavy atom. The van der Waals surface area contributed by atoms with Gasteiger partial charge in [0.25, 0.3) is 0 Å². The van der Waals surface area contributed by atoms with Crippen LogP contribution in [0.2, 0.25) is 0 Å². The maximum absolute atomic E-state index is 9.67. The van der Waals surface area contributed by atoms with Gasteiger partial charge in [0.1, 0.15) is 0 Å². The lowest BCUT2D eigenvalue weighted by Gasteiger charge is -1.88. The zero-order valence-corrected chi connectivity index (χ0v) is 5.61. The molecular formula is C4H9NO2S. The summed E-state index contributed by atoms with van der Waals surface area (Å²) in [6.07, 6.45) is 2.63. The molecule has 0 aromatic rings. The first-order chi connectivity index (χ1) is 3.77. The summed E-state index contributed by atoms with van der Waals surface area (Å²) >= 11 is 1.64. The Kier molecular flexibility index (Phi) is 4.75. The Balaban J connectivity index is 2.82. The molecule has 0 bridgehead atoms. The number of hydrogen-bond acceptors (Lipinski definition) is 3. The van der Waals surface area contributed by atoms with E-state index in [9.17, 15) is 10.1 Å². The monoisotopic (exact) mass is 135 g/mol. The van der Waals surface area contributed by atoms with Crippen molar-refractivity contribution in [3.63, 3.8) is 0 Å². The molecule has 0 aromatic carbocycles. The third-order valence-corrected chi connectivity index (χ3v) is 1.39. The normalized spacial score (nSPS) is 9.12. The van der Waals surface area contributed by atoms with Gasteiger partial charge in [0.2, 0.25) is 6.54 Å². The predicted octanol–water partition coefficient (Wildman–Crippen LogP) is 1.02. The second-order valence-corrected chi connectivity index (χ2v) is 2.39. The lowest BCUT2D eigenvalue weighted by atomic mass is 10.5. The molecule has 0 aliphatic rings. The van der Waals surface area contributed by atoms with E-state index in [0.717, 1.165) is 5.75 Å². The van der Waals surface area contributed by atoms with Gasteiger partial charge in [-0.05, 0) is 12.0 Å². The fourth-order valence-electron chi connectivity index (χ4n) is 0.338. The second-order valence-electron chi connectivity index (χ2n) is 1.40. The first-order valence-electron chi connectivity index (χ1n) is 2.38. The van der Waals surface area contributed by atoms with Gasteiger partial charge in [-0.25, -0.2) is 0 Å². The molecule has 0 radical (unpaired) electrons. The van der Waals surface area contributed by atoms with E-state index < -0.39 is 0 Å². The van der Waals surface area contributed by atoms with E-state index in [2.05, 4.69) is 0 Å². The number of nitro groups is 1. The van der Waals surface area contributed by atoms with Crippen molar-refractivity contribution in [1.29, 1.82) is 0 Å². The lowest BCUT2D eigenvalue weighted by molar-refractivity contribution is -0.479. The van der Waals surface area contributed by atoms with Crippen molar-refractivity contribution < 1.29 is 4.92 Å². The van der Waals surface area contributed by atoms with Crippen LogP contribution in [0.15, 0.2) is 0 Å². The van der Waals surface area contributed by atoms with Crippen LogP contribution in [-0.4, -0.2) is 23.5 Å². The Morgan fingerprint density at radius 1 is 1.75 bits per heavy atom. The highest BCUT2D eigenvalue weighted by Crippen LogP contribution is 1.93. The van der Waals surface area contributed by atoms with E-state index in [1.165, 1.54) is 0 Å². The average molecular weight is 135 g/mol. The number of hydrogen-bond donors (Lipinski definition) is 0. The number of thioether (sulfide) groups is 1. The minimum atomic E-state index is -0.282. The maximum Gasteiger partial charge on any atom is 0.204 e. The molecule has 0 amide bonds. The smallest absolute Gasteiger partial charge is 0.204 e. The van der Waals surface area contributed by atoms with Crippen LogP contribution in [0.4, 0.5) is 0 Å². The molecule has 0 unspecified atom stereocenters. The summed E-state index contributed by atoms with van der Waals surface area (Å²) in [4.78, 5) is 9.39. The van der Waals surface area contributed by atoms with Gasteiger partial charge in [-0.1, -0.05) is 0 Å². The summed E-state index contributed by atoms with van der Waals surface area (Å²) in [5.74, 6) is 0.890. The molecule has 0 heterocycles. The SMILES string of the molecule is CSCCC[N+](=O)[O-]. The van der Waals surface area contributed by atoms with Gasteiger partial charge in [0, 0.05) is 11.3 Å². The van der Waals surface area contributed by atoms with Gasteiger partial charge in [0.15, 0.2) is 0 Å². The van der Waals surface area contributed by atoms with E-state index in [1.807, 2.05) is 6.26 Å². The molecular weight excluding hydrogens is 126 g/mol. The molecule has 0 aromatic heterocycles. The van der Waals surface area contributed by atoms with E-state index in [4.69, 9.17) is 0 Å². The summed E-state index contributed by atoms with van der Waals surface area (Å²) in [7, 11) is 0. The molecule has 0 saturated heterocycles. The third-order valence-electron chi connectivity index (χ3n) is 0.689. The Labute approximate surface area is 52.6 Å². The summed E-state index contributed by atoms with van der Waals surface area (Å²) < 4.78 is 0. The zero-order valence-electron chi connectivity index (χ0n) is 4.79. The first-order valence-corrected chi connectivity index (χ1v) is 3.77. The molecule has 0 fully saturated rings. The van der Waals surface area contributed by atoms with Crippen molar-refractivity contribution in [3.05, 3.63) is 10.1 Å². The molecule has 0 spiro atoms. The third kappa shape index (κ3) is 5.75. The fourth-order valence-corrected chi connectivity index (χ4v) is 0.756. The fraction of sp³-hybridized carbons (Fsp3) is 1.00. The standard InChI is InChI=1S/C4H9NO2S/c1-8-4-2-3-5(6)7/h2-4H2,1H3. The van der Waals surface area contributed by atoms with Crippen LogP contribution < -0.4 is 0 Å². The Morgan fingerprint density at radius 3 is 2.75 bits per heavy atom. The Hall–Kier alpha value is -0.250. The molecule has 0 atom stereocenters. The zero-order chi connectivity index (χ0) is 6.41. The summed E-state index contributed by atoms with van der Waals surface area (Å²) in [5, 5.41) is 9.67. The van der Waals surface area contributed by atoms with Gasteiger partial charge in [-0.2, -0.15) is 11.8 Å². The molecule has 0 rings (SSSR count). The predicted molar refractivity (Wildman–Crippen MR) is 34.9 cm³/mol. The molecule has 3 nitrogen and oxygen atoms in total. The van der Waals surface area contributed by atoms with Crippen LogP contribution in [-0.2, 0) is 0 Å². The summed E-state index contributed by atoms with van der Waals surface area (Å²) in [5.41, 5.74) is 0. The van der Waals surface area contributed by atoms with Crippen molar-refractivity contribution in [1.82, 2.24) is 0 Å². The molecule has 0 saturated carbocycles. The molecule has 48 valence electrons. The number of rotatable bonds is 4. The topological polar surface area (TPSA) is 43.1 Å². The number of nitrogens with zero attached hydrogens (tertiary/aromatic N) is 1. The molecule has 8 heavy (non-hydrogen) atoms. The van der Waals surface area contributed by atoms with E-state index in [0.29, 0.717) is 6.42 Å². The second kappa shape index (κ2) is 4.90. The van der Waals surface area contributed by atoms with Gasteiger partial charge >= 0.3 is 0 Å². The highest BCUT2D eigenvalue weighted by Gasteiger charge is 1.92. The largest absolute Gasteiger partial charge is 0.265 e. The quantitative estimate of drug-likeness (QED) is 0.328. The van der Waals surface area contributed by atoms with E-state index in [1.54, 1.807) is 11.8 Å². The van der Waals surface area contributed by atoms with Crippen molar-refractivity contribution in [2.45, 2.75) is 6.42 Å². The highest BCUT2D eigenvalue weighted by atomic mass is 32.2. The van der Waals surface area contributed by atoms with Crippen molar-refractivity contribution in [2.24, 2.45) is 0 Å². The van der Waals surface area contributed by atoms with Crippen LogP contribution in [0.25, 0.3) is 0 Å². The highest BCUT2D eigenvalue weighted by molar-refractivity contribution is 7.98. The van der Waals surface area contributed by atoms with Crippen LogP contribution in [0.1, 0.15) is 6.42 Å². The summed E-state index contributed by atoms with van der Waals surface area (Å²) in [6, 6.07) is 0. The Bertz CT molecular complexity index is 76.4. The first kappa shape index (κ1) is 7.75.